The minimum atomic E-state index is -0.513. The molecule has 2 N–H and O–H groups in total. The maximum Gasteiger partial charge on any atom is 0.252 e. The summed E-state index contributed by atoms with van der Waals surface area (Å²) in [5.74, 6) is 0.527. The SMILES string of the molecule is C=C/C=C\CC(N=C/C(=C\NC)OCNCC)n1cc(-c2cc(C#N)ccn2)ccc1=O. The van der Waals surface area contributed by atoms with Gasteiger partial charge in [-0.3, -0.25) is 24.7 Å². The lowest BCUT2D eigenvalue weighted by atomic mass is 10.1. The van der Waals surface area contributed by atoms with Gasteiger partial charge in [0.15, 0.2) is 5.76 Å². The van der Waals surface area contributed by atoms with Crippen molar-refractivity contribution in [1.29, 1.82) is 5.26 Å². The number of nitrogens with one attached hydrogen (secondary N) is 2. The molecule has 0 aliphatic rings. The van der Waals surface area contributed by atoms with Crippen LogP contribution < -0.4 is 16.2 Å². The molecule has 1 unspecified atom stereocenters. The average molecular weight is 433 g/mol. The zero-order chi connectivity index (χ0) is 23.2. The van der Waals surface area contributed by atoms with Crippen LogP contribution in [0.2, 0.25) is 0 Å². The third kappa shape index (κ3) is 7.38. The molecule has 1 atom stereocenters. The number of aromatic nitrogens is 2. The Hall–Kier alpha value is -3.96. The molecule has 0 aromatic carbocycles. The fourth-order valence-corrected chi connectivity index (χ4v) is 2.74. The molecule has 2 heterocycles. The second kappa shape index (κ2) is 13.4. The van der Waals surface area contributed by atoms with Crippen molar-refractivity contribution >= 4 is 6.21 Å². The fourth-order valence-electron chi connectivity index (χ4n) is 2.74. The molecule has 0 fully saturated rings. The summed E-state index contributed by atoms with van der Waals surface area (Å²) in [4.78, 5) is 21.6. The second-order valence-electron chi connectivity index (χ2n) is 6.59. The molecule has 8 nitrogen and oxygen atoms in total. The number of hydrogen-bond acceptors (Lipinski definition) is 7. The van der Waals surface area contributed by atoms with E-state index < -0.39 is 6.17 Å². The molecular weight excluding hydrogens is 404 g/mol. The van der Waals surface area contributed by atoms with Crippen molar-refractivity contribution in [2.75, 3.05) is 20.3 Å². The van der Waals surface area contributed by atoms with Crippen molar-refractivity contribution in [2.45, 2.75) is 19.5 Å². The van der Waals surface area contributed by atoms with Crippen LogP contribution in [0.1, 0.15) is 25.1 Å². The molecule has 0 saturated carbocycles. The molecule has 2 aromatic heterocycles. The standard InChI is InChI=1S/C24H28N6O2/c1-4-6-7-8-23(29-16-21(15-26-3)32-18-27-5-2)30-17-20(9-10-24(30)31)22-13-19(14-25)11-12-28-22/h4,6-7,9-13,15-17,23,26-27H,1,5,8,18H2,2-3H3/b7-6-,21-15+,29-16?. The summed E-state index contributed by atoms with van der Waals surface area (Å²) in [7, 11) is 1.77. The molecule has 166 valence electrons. The van der Waals surface area contributed by atoms with Crippen molar-refractivity contribution in [1.82, 2.24) is 20.2 Å². The van der Waals surface area contributed by atoms with Gasteiger partial charge in [0.25, 0.3) is 5.56 Å². The van der Waals surface area contributed by atoms with E-state index in [1.54, 1.807) is 66.8 Å². The molecule has 0 spiro atoms. The lowest BCUT2D eigenvalue weighted by Gasteiger charge is -2.16. The maximum atomic E-state index is 12.7. The number of aliphatic imine (C=N–C) groups is 1. The van der Waals surface area contributed by atoms with Crippen molar-refractivity contribution in [3.63, 3.8) is 0 Å². The summed E-state index contributed by atoms with van der Waals surface area (Å²) < 4.78 is 7.20. The van der Waals surface area contributed by atoms with Crippen molar-refractivity contribution in [3.8, 4) is 17.3 Å². The van der Waals surface area contributed by atoms with E-state index in [4.69, 9.17) is 10.00 Å². The van der Waals surface area contributed by atoms with Gasteiger partial charge in [0.1, 0.15) is 12.9 Å². The predicted octanol–water partition coefficient (Wildman–Crippen LogP) is 3.13. The Labute approximate surface area is 188 Å². The Morgan fingerprint density at radius 2 is 2.28 bits per heavy atom. The molecule has 2 aromatic rings. The third-order valence-electron chi connectivity index (χ3n) is 4.31. The summed E-state index contributed by atoms with van der Waals surface area (Å²) in [5, 5.41) is 15.2. The minimum Gasteiger partial charge on any atom is -0.475 e. The minimum absolute atomic E-state index is 0.202. The summed E-state index contributed by atoms with van der Waals surface area (Å²) in [6, 6.07) is 8.58. The third-order valence-corrected chi connectivity index (χ3v) is 4.31. The van der Waals surface area contributed by atoms with Crippen molar-refractivity contribution in [2.24, 2.45) is 4.99 Å². The van der Waals surface area contributed by atoms with Gasteiger partial charge in [0, 0.05) is 43.7 Å². The highest BCUT2D eigenvalue weighted by Crippen LogP contribution is 2.20. The first-order valence-corrected chi connectivity index (χ1v) is 10.2. The van der Waals surface area contributed by atoms with Gasteiger partial charge in [-0.15, -0.1) is 0 Å². The summed E-state index contributed by atoms with van der Waals surface area (Å²) in [6.07, 6.45) is 11.9. The Balaban J connectivity index is 2.41. The average Bonchev–Trinajstić information content (AvgIpc) is 2.82. The topological polar surface area (TPSA) is 104 Å². The monoisotopic (exact) mass is 432 g/mol. The smallest absolute Gasteiger partial charge is 0.252 e. The van der Waals surface area contributed by atoms with Crippen LogP contribution in [0.5, 0.6) is 0 Å². The Kier molecular flexibility index (Phi) is 10.2. The summed E-state index contributed by atoms with van der Waals surface area (Å²) in [5.41, 5.74) is 1.61. The van der Waals surface area contributed by atoms with E-state index in [1.807, 2.05) is 13.0 Å². The van der Waals surface area contributed by atoms with Crippen LogP contribution >= 0.6 is 0 Å². The van der Waals surface area contributed by atoms with Crippen LogP contribution in [-0.4, -0.2) is 36.1 Å². The maximum absolute atomic E-state index is 12.7. The van der Waals surface area contributed by atoms with E-state index in [9.17, 15) is 4.79 Å². The second-order valence-corrected chi connectivity index (χ2v) is 6.59. The lowest BCUT2D eigenvalue weighted by Crippen LogP contribution is -2.23. The van der Waals surface area contributed by atoms with Crippen LogP contribution in [0.15, 0.2) is 83.2 Å². The van der Waals surface area contributed by atoms with E-state index in [0.717, 1.165) is 6.54 Å². The first kappa shape index (κ1) is 24.3. The van der Waals surface area contributed by atoms with Gasteiger partial charge in [-0.25, -0.2) is 0 Å². The Morgan fingerprint density at radius 1 is 1.44 bits per heavy atom. The van der Waals surface area contributed by atoms with Crippen molar-refractivity contribution in [3.05, 3.63) is 89.3 Å². The van der Waals surface area contributed by atoms with Crippen LogP contribution in [0.3, 0.4) is 0 Å². The predicted molar refractivity (Wildman–Crippen MR) is 127 cm³/mol. The van der Waals surface area contributed by atoms with Crippen LogP contribution in [0, 0.1) is 11.3 Å². The van der Waals surface area contributed by atoms with Gasteiger partial charge in [0.2, 0.25) is 0 Å². The highest BCUT2D eigenvalue weighted by Gasteiger charge is 2.12. The first-order valence-electron chi connectivity index (χ1n) is 10.2. The number of ether oxygens (including phenoxy) is 1. The number of nitrogens with zero attached hydrogens (tertiary/aromatic N) is 4. The Morgan fingerprint density at radius 3 is 3.00 bits per heavy atom. The van der Waals surface area contributed by atoms with Crippen LogP contribution in [0.4, 0.5) is 0 Å². The van der Waals surface area contributed by atoms with Crippen molar-refractivity contribution < 1.29 is 4.74 Å². The molecule has 0 aliphatic heterocycles. The van der Waals surface area contributed by atoms with Gasteiger partial charge in [-0.1, -0.05) is 31.7 Å². The van der Waals surface area contributed by atoms with Gasteiger partial charge in [0.05, 0.1) is 23.5 Å². The van der Waals surface area contributed by atoms with E-state index >= 15 is 0 Å². The zero-order valence-electron chi connectivity index (χ0n) is 18.4. The molecule has 0 radical (unpaired) electrons. The highest BCUT2D eigenvalue weighted by molar-refractivity contribution is 5.75. The Bertz CT molecular complexity index is 1080. The largest absolute Gasteiger partial charge is 0.475 e. The van der Waals surface area contributed by atoms with Gasteiger partial charge in [-0.05, 0) is 24.7 Å². The van der Waals surface area contributed by atoms with E-state index in [2.05, 4.69) is 33.3 Å². The van der Waals surface area contributed by atoms with Crippen LogP contribution in [-0.2, 0) is 4.74 Å². The molecule has 0 amide bonds. The molecule has 2 rings (SSSR count). The summed E-state index contributed by atoms with van der Waals surface area (Å²) >= 11 is 0. The fraction of sp³-hybridized carbons (Fsp3) is 0.250. The molecule has 0 saturated heterocycles. The van der Waals surface area contributed by atoms with Gasteiger partial charge < -0.3 is 10.1 Å². The summed E-state index contributed by atoms with van der Waals surface area (Å²) in [6.45, 7) is 6.79. The molecular formula is C24H28N6O2. The van der Waals surface area contributed by atoms with E-state index in [-0.39, 0.29) is 5.56 Å². The lowest BCUT2D eigenvalue weighted by molar-refractivity contribution is 0.207. The van der Waals surface area contributed by atoms with Gasteiger partial charge in [-0.2, -0.15) is 5.26 Å². The first-order chi connectivity index (χ1) is 15.6. The molecule has 32 heavy (non-hydrogen) atoms. The van der Waals surface area contributed by atoms with Gasteiger partial charge >= 0.3 is 0 Å². The number of pyridine rings is 2. The quantitative estimate of drug-likeness (QED) is 0.176. The zero-order valence-corrected chi connectivity index (χ0v) is 18.4. The number of nitriles is 1. The molecule has 8 heteroatoms. The number of rotatable bonds is 12. The molecule has 0 aliphatic carbocycles. The normalized spacial score (nSPS) is 12.6. The highest BCUT2D eigenvalue weighted by atomic mass is 16.5. The van der Waals surface area contributed by atoms with E-state index in [0.29, 0.717) is 35.7 Å². The molecule has 0 bridgehead atoms. The number of hydrogen-bond donors (Lipinski definition) is 2. The van der Waals surface area contributed by atoms with Crippen LogP contribution in [0.25, 0.3) is 11.3 Å². The number of allylic oxidation sites excluding steroid dienone is 3. The van der Waals surface area contributed by atoms with E-state index in [1.165, 1.54) is 6.07 Å².